The lowest BCUT2D eigenvalue weighted by atomic mass is 9.84. The molecule has 0 amide bonds. The van der Waals surface area contributed by atoms with Crippen molar-refractivity contribution in [3.8, 4) is 5.75 Å². The molecule has 1 nitrogen and oxygen atoms in total. The number of methoxy groups -OCH3 is 1. The maximum Gasteiger partial charge on any atom is 0.137 e. The average Bonchev–Trinajstić information content (AvgIpc) is 2.38. The van der Waals surface area contributed by atoms with Gasteiger partial charge in [0.2, 0.25) is 0 Å². The van der Waals surface area contributed by atoms with E-state index in [1.807, 2.05) is 12.1 Å². The van der Waals surface area contributed by atoms with Gasteiger partial charge in [0, 0.05) is 15.4 Å². The van der Waals surface area contributed by atoms with E-state index in [1.54, 1.807) is 7.11 Å². The molecular formula is C14H17Br2ClO. The Balaban J connectivity index is 2.30. The van der Waals surface area contributed by atoms with E-state index in [0.717, 1.165) is 20.8 Å². The molecule has 1 atom stereocenters. The van der Waals surface area contributed by atoms with Gasteiger partial charge in [0.05, 0.1) is 11.6 Å². The fraction of sp³-hybridized carbons (Fsp3) is 0.571. The lowest BCUT2D eigenvalue weighted by Crippen LogP contribution is -2.12. The second-order valence-electron chi connectivity index (χ2n) is 4.81. The van der Waals surface area contributed by atoms with Crippen LogP contribution in [-0.2, 0) is 0 Å². The van der Waals surface area contributed by atoms with Crippen LogP contribution in [0.25, 0.3) is 0 Å². The predicted octanol–water partition coefficient (Wildman–Crippen LogP) is 6.13. The minimum Gasteiger partial charge on any atom is -0.495 e. The molecule has 0 aromatic heterocycles. The normalized spacial score (nSPS) is 18.7. The molecule has 1 unspecified atom stereocenters. The lowest BCUT2D eigenvalue weighted by molar-refractivity contribution is 0.345. The van der Waals surface area contributed by atoms with E-state index in [0.29, 0.717) is 10.7 Å². The molecule has 0 radical (unpaired) electrons. The van der Waals surface area contributed by atoms with Crippen LogP contribution < -0.4 is 4.74 Å². The number of rotatable bonds is 3. The Morgan fingerprint density at radius 2 is 1.94 bits per heavy atom. The highest BCUT2D eigenvalue weighted by atomic mass is 79.9. The summed E-state index contributed by atoms with van der Waals surface area (Å²) in [6, 6.07) is 3.89. The summed E-state index contributed by atoms with van der Waals surface area (Å²) < 4.78 is 6.43. The van der Waals surface area contributed by atoms with Gasteiger partial charge in [0.15, 0.2) is 0 Å². The molecule has 100 valence electrons. The summed E-state index contributed by atoms with van der Waals surface area (Å²) in [5.41, 5.74) is 1.16. The molecule has 0 heterocycles. The van der Waals surface area contributed by atoms with Crippen molar-refractivity contribution in [3.05, 3.63) is 27.2 Å². The largest absolute Gasteiger partial charge is 0.495 e. The van der Waals surface area contributed by atoms with E-state index in [9.17, 15) is 0 Å². The smallest absolute Gasteiger partial charge is 0.137 e. The third kappa shape index (κ3) is 3.23. The van der Waals surface area contributed by atoms with Gasteiger partial charge >= 0.3 is 0 Å². The van der Waals surface area contributed by atoms with Gasteiger partial charge in [-0.25, -0.2) is 0 Å². The molecule has 2 rings (SSSR count). The number of hydrogen-bond donors (Lipinski definition) is 0. The van der Waals surface area contributed by atoms with Crippen LogP contribution in [-0.4, -0.2) is 7.11 Å². The Kier molecular flexibility index (Phi) is 5.40. The van der Waals surface area contributed by atoms with Crippen LogP contribution in [0.2, 0.25) is 5.02 Å². The highest BCUT2D eigenvalue weighted by Gasteiger charge is 2.26. The Morgan fingerprint density at radius 1 is 1.28 bits per heavy atom. The summed E-state index contributed by atoms with van der Waals surface area (Å²) in [5, 5.41) is 0.748. The van der Waals surface area contributed by atoms with Crippen LogP contribution in [0, 0.1) is 5.92 Å². The maximum absolute atomic E-state index is 6.16. The minimum atomic E-state index is 0.322. The van der Waals surface area contributed by atoms with Crippen LogP contribution in [0.4, 0.5) is 0 Å². The quantitative estimate of drug-likeness (QED) is 0.559. The first-order valence-corrected chi connectivity index (χ1v) is 8.39. The zero-order valence-electron chi connectivity index (χ0n) is 10.4. The zero-order valence-corrected chi connectivity index (χ0v) is 14.3. The summed E-state index contributed by atoms with van der Waals surface area (Å²) in [6.07, 6.45) is 6.59. The molecule has 1 aromatic carbocycles. The fourth-order valence-electron chi connectivity index (χ4n) is 2.68. The van der Waals surface area contributed by atoms with Gasteiger partial charge < -0.3 is 4.74 Å². The van der Waals surface area contributed by atoms with E-state index in [2.05, 4.69) is 31.9 Å². The van der Waals surface area contributed by atoms with Gasteiger partial charge in [-0.2, -0.15) is 0 Å². The number of halogens is 3. The first-order valence-electron chi connectivity index (χ1n) is 6.30. The standard InChI is InChI=1S/C14H17Br2ClO/c1-18-14-11(7-10(17)8-12(14)15)13(16)9-5-3-2-4-6-9/h7-9,13H,2-6H2,1H3. The molecule has 1 fully saturated rings. The van der Waals surface area contributed by atoms with Gasteiger partial charge in [0.25, 0.3) is 0 Å². The molecule has 1 saturated carbocycles. The average molecular weight is 397 g/mol. The number of benzene rings is 1. The SMILES string of the molecule is COc1c(Br)cc(Cl)cc1C(Br)C1CCCCC1. The second-order valence-corrected chi connectivity index (χ2v) is 7.09. The van der Waals surface area contributed by atoms with Crippen molar-refractivity contribution >= 4 is 43.5 Å². The first kappa shape index (κ1) is 14.7. The van der Waals surface area contributed by atoms with Gasteiger partial charge in [-0.1, -0.05) is 46.8 Å². The predicted molar refractivity (Wildman–Crippen MR) is 83.9 cm³/mol. The van der Waals surface area contributed by atoms with Crippen LogP contribution in [0.15, 0.2) is 16.6 Å². The summed E-state index contributed by atoms with van der Waals surface area (Å²) in [7, 11) is 1.71. The Bertz CT molecular complexity index is 417. The summed E-state index contributed by atoms with van der Waals surface area (Å²) in [5.74, 6) is 1.57. The molecule has 0 aliphatic heterocycles. The maximum atomic E-state index is 6.16. The summed E-state index contributed by atoms with van der Waals surface area (Å²) in [4.78, 5) is 0.322. The number of alkyl halides is 1. The van der Waals surface area contributed by atoms with Gasteiger partial charge in [-0.15, -0.1) is 0 Å². The van der Waals surface area contributed by atoms with Crippen molar-refractivity contribution in [1.82, 2.24) is 0 Å². The van der Waals surface area contributed by atoms with Crippen molar-refractivity contribution in [2.75, 3.05) is 7.11 Å². The van der Waals surface area contributed by atoms with Crippen LogP contribution >= 0.6 is 43.5 Å². The van der Waals surface area contributed by atoms with E-state index >= 15 is 0 Å². The summed E-state index contributed by atoms with van der Waals surface area (Å²) >= 11 is 13.5. The fourth-order valence-corrected chi connectivity index (χ4v) is 4.55. The molecule has 1 aliphatic rings. The van der Waals surface area contributed by atoms with Crippen LogP contribution in [0.5, 0.6) is 5.75 Å². The molecule has 18 heavy (non-hydrogen) atoms. The van der Waals surface area contributed by atoms with E-state index in [4.69, 9.17) is 16.3 Å². The van der Waals surface area contributed by atoms with E-state index in [-0.39, 0.29) is 0 Å². The van der Waals surface area contributed by atoms with Gasteiger partial charge in [0.1, 0.15) is 5.75 Å². The van der Waals surface area contributed by atoms with Crippen molar-refractivity contribution in [1.29, 1.82) is 0 Å². The van der Waals surface area contributed by atoms with Crippen molar-refractivity contribution in [2.24, 2.45) is 5.92 Å². The molecule has 1 aromatic rings. The van der Waals surface area contributed by atoms with Crippen LogP contribution in [0.3, 0.4) is 0 Å². The molecular weight excluding hydrogens is 379 g/mol. The third-order valence-electron chi connectivity index (χ3n) is 3.60. The topological polar surface area (TPSA) is 9.23 Å². The Morgan fingerprint density at radius 3 is 2.56 bits per heavy atom. The molecule has 0 bridgehead atoms. The second kappa shape index (κ2) is 6.62. The highest BCUT2D eigenvalue weighted by molar-refractivity contribution is 9.10. The van der Waals surface area contributed by atoms with Gasteiger partial charge in [-0.3, -0.25) is 0 Å². The number of ether oxygens (including phenoxy) is 1. The highest BCUT2D eigenvalue weighted by Crippen LogP contribution is 2.46. The minimum absolute atomic E-state index is 0.322. The zero-order chi connectivity index (χ0) is 13.1. The Labute approximate surface area is 130 Å². The molecule has 1 aliphatic carbocycles. The molecule has 4 heteroatoms. The van der Waals surface area contributed by atoms with Crippen molar-refractivity contribution < 1.29 is 4.74 Å². The van der Waals surface area contributed by atoms with Gasteiger partial charge in [-0.05, 0) is 46.8 Å². The van der Waals surface area contributed by atoms with Crippen molar-refractivity contribution in [3.63, 3.8) is 0 Å². The van der Waals surface area contributed by atoms with Crippen LogP contribution in [0.1, 0.15) is 42.5 Å². The summed E-state index contributed by atoms with van der Waals surface area (Å²) in [6.45, 7) is 0. The molecule has 0 spiro atoms. The number of hydrogen-bond acceptors (Lipinski definition) is 1. The molecule has 0 saturated heterocycles. The monoisotopic (exact) mass is 394 g/mol. The third-order valence-corrected chi connectivity index (χ3v) is 5.65. The van der Waals surface area contributed by atoms with Crippen molar-refractivity contribution in [2.45, 2.75) is 36.9 Å². The lowest BCUT2D eigenvalue weighted by Gasteiger charge is -2.28. The first-order chi connectivity index (χ1) is 8.63. The molecule has 0 N–H and O–H groups in total. The Hall–Kier alpha value is 0.270. The van der Waals surface area contributed by atoms with E-state index in [1.165, 1.54) is 32.1 Å². The van der Waals surface area contributed by atoms with E-state index < -0.39 is 0 Å².